The van der Waals surface area contributed by atoms with E-state index in [0.29, 0.717) is 5.75 Å². The van der Waals surface area contributed by atoms with Crippen molar-refractivity contribution in [2.75, 3.05) is 7.11 Å². The predicted molar refractivity (Wildman–Crippen MR) is 79.9 cm³/mol. The molecule has 4 heteroatoms. The van der Waals surface area contributed by atoms with Crippen LogP contribution in [0.1, 0.15) is 44.3 Å². The van der Waals surface area contributed by atoms with Crippen LogP contribution in [0.2, 0.25) is 0 Å². The van der Waals surface area contributed by atoms with Crippen LogP contribution in [0.3, 0.4) is 0 Å². The van der Waals surface area contributed by atoms with Gasteiger partial charge >= 0.3 is 0 Å². The maximum Gasteiger partial charge on any atom is 0.216 e. The molecule has 0 unspecified atom stereocenters. The van der Waals surface area contributed by atoms with Crippen LogP contribution in [-0.4, -0.2) is 12.9 Å². The summed E-state index contributed by atoms with van der Waals surface area (Å²) >= 11 is 3.14. The van der Waals surface area contributed by atoms with Gasteiger partial charge in [0.1, 0.15) is 10.6 Å². The van der Waals surface area contributed by atoms with Crippen molar-refractivity contribution < 1.29 is 9.53 Å². The number of carbonyl (C=O) groups excluding carboxylic acids is 1. The number of carbonyl (C=O) groups is 1. The van der Waals surface area contributed by atoms with Crippen molar-refractivity contribution in [3.05, 3.63) is 37.7 Å². The summed E-state index contributed by atoms with van der Waals surface area (Å²) < 4.78 is 5.24. The Bertz CT molecular complexity index is 572. The molecular formula is C15H16O2S2. The molecule has 3 rings (SSSR count). The average Bonchev–Trinajstić information content (AvgIpc) is 3.00. The number of hydrogen-bond donors (Lipinski definition) is 0. The number of ether oxygens (including phenoxy) is 1. The molecule has 2 heterocycles. The maximum absolute atomic E-state index is 12.5. The Balaban J connectivity index is 1.92. The van der Waals surface area contributed by atoms with Gasteiger partial charge in [-0.3, -0.25) is 4.79 Å². The van der Waals surface area contributed by atoms with Gasteiger partial charge in [-0.25, -0.2) is 0 Å². The Labute approximate surface area is 121 Å². The van der Waals surface area contributed by atoms with Gasteiger partial charge in [0.15, 0.2) is 0 Å². The van der Waals surface area contributed by atoms with Gasteiger partial charge in [-0.1, -0.05) is 6.42 Å². The fraction of sp³-hybridized carbons (Fsp3) is 0.400. The Morgan fingerprint density at radius 2 is 2.11 bits per heavy atom. The number of hydrogen-bond acceptors (Lipinski definition) is 4. The molecule has 0 bridgehead atoms. The van der Waals surface area contributed by atoms with E-state index in [2.05, 4.69) is 6.07 Å². The van der Waals surface area contributed by atoms with Gasteiger partial charge in [0.25, 0.3) is 0 Å². The molecule has 1 aliphatic rings. The number of aryl methyl sites for hydroxylation is 2. The van der Waals surface area contributed by atoms with E-state index in [0.717, 1.165) is 22.6 Å². The van der Waals surface area contributed by atoms with Gasteiger partial charge in [0.2, 0.25) is 5.78 Å². The summed E-state index contributed by atoms with van der Waals surface area (Å²) in [6.07, 6.45) is 6.07. The predicted octanol–water partition coefficient (Wildman–Crippen LogP) is 4.32. The van der Waals surface area contributed by atoms with Crippen LogP contribution in [-0.2, 0) is 12.8 Å². The van der Waals surface area contributed by atoms with Crippen LogP contribution >= 0.6 is 22.7 Å². The average molecular weight is 292 g/mol. The van der Waals surface area contributed by atoms with Gasteiger partial charge in [-0.05, 0) is 48.8 Å². The van der Waals surface area contributed by atoms with Crippen LogP contribution in [0.5, 0.6) is 5.75 Å². The summed E-state index contributed by atoms with van der Waals surface area (Å²) in [6, 6.07) is 3.96. The van der Waals surface area contributed by atoms with E-state index in [9.17, 15) is 4.79 Å². The molecule has 0 amide bonds. The van der Waals surface area contributed by atoms with E-state index in [1.165, 1.54) is 41.0 Å². The van der Waals surface area contributed by atoms with Gasteiger partial charge in [0.05, 0.1) is 12.0 Å². The van der Waals surface area contributed by atoms with Gasteiger partial charge in [0, 0.05) is 4.88 Å². The molecule has 0 aliphatic heterocycles. The molecule has 100 valence electrons. The minimum absolute atomic E-state index is 0.116. The zero-order chi connectivity index (χ0) is 13.2. The number of ketones is 1. The summed E-state index contributed by atoms with van der Waals surface area (Å²) in [6.45, 7) is 0. The molecule has 19 heavy (non-hydrogen) atoms. The van der Waals surface area contributed by atoms with E-state index in [1.54, 1.807) is 18.4 Å². The van der Waals surface area contributed by atoms with Crippen molar-refractivity contribution in [3.63, 3.8) is 0 Å². The Morgan fingerprint density at radius 1 is 1.26 bits per heavy atom. The van der Waals surface area contributed by atoms with E-state index >= 15 is 0 Å². The first-order valence-corrected chi connectivity index (χ1v) is 8.27. The summed E-state index contributed by atoms with van der Waals surface area (Å²) in [5.41, 5.74) is 1.39. The van der Waals surface area contributed by atoms with Crippen molar-refractivity contribution in [3.8, 4) is 5.75 Å². The molecule has 0 saturated heterocycles. The Kier molecular flexibility index (Phi) is 3.71. The van der Waals surface area contributed by atoms with Gasteiger partial charge < -0.3 is 4.74 Å². The Morgan fingerprint density at radius 3 is 2.95 bits per heavy atom. The minimum atomic E-state index is 0.116. The smallest absolute Gasteiger partial charge is 0.216 e. The number of fused-ring (bicyclic) bond motifs is 1. The highest BCUT2D eigenvalue weighted by Gasteiger charge is 2.21. The summed E-state index contributed by atoms with van der Waals surface area (Å²) in [5, 5.41) is 1.91. The molecule has 0 aromatic carbocycles. The largest absolute Gasteiger partial charge is 0.495 e. The third-order valence-corrected chi connectivity index (χ3v) is 5.66. The zero-order valence-electron chi connectivity index (χ0n) is 10.9. The first-order valence-electron chi connectivity index (χ1n) is 6.57. The van der Waals surface area contributed by atoms with Crippen molar-refractivity contribution in [1.29, 1.82) is 0 Å². The Hall–Kier alpha value is -1.13. The molecule has 0 radical (unpaired) electrons. The molecule has 2 nitrogen and oxygen atoms in total. The molecule has 0 N–H and O–H groups in total. The monoisotopic (exact) mass is 292 g/mol. The number of rotatable bonds is 3. The first kappa shape index (κ1) is 12.9. The maximum atomic E-state index is 12.5. The highest BCUT2D eigenvalue weighted by molar-refractivity contribution is 7.17. The van der Waals surface area contributed by atoms with Crippen molar-refractivity contribution in [1.82, 2.24) is 0 Å². The van der Waals surface area contributed by atoms with E-state index in [4.69, 9.17) is 4.74 Å². The molecule has 2 aromatic heterocycles. The van der Waals surface area contributed by atoms with Crippen LogP contribution in [0, 0.1) is 0 Å². The fourth-order valence-electron chi connectivity index (χ4n) is 2.52. The fourth-order valence-corrected chi connectivity index (χ4v) is 4.59. The normalized spacial score (nSPS) is 14.8. The molecule has 0 atom stereocenters. The van der Waals surface area contributed by atoms with Crippen LogP contribution < -0.4 is 4.74 Å². The van der Waals surface area contributed by atoms with E-state index in [-0.39, 0.29) is 5.78 Å². The molecule has 0 fully saturated rings. The minimum Gasteiger partial charge on any atom is -0.495 e. The van der Waals surface area contributed by atoms with Crippen LogP contribution in [0.4, 0.5) is 0 Å². The summed E-state index contributed by atoms with van der Waals surface area (Å²) in [7, 11) is 1.61. The first-order chi connectivity index (χ1) is 9.29. The molecule has 0 saturated carbocycles. The third kappa shape index (κ3) is 2.47. The standard InChI is InChI=1S/C15H16O2S2/c1-17-11-7-8-18-15(11)14(16)13-9-10-5-3-2-4-6-12(10)19-13/h7-9H,2-6H2,1H3. The van der Waals surface area contributed by atoms with E-state index < -0.39 is 0 Å². The molecular weight excluding hydrogens is 276 g/mol. The highest BCUT2D eigenvalue weighted by Crippen LogP contribution is 2.33. The molecule has 1 aliphatic carbocycles. The second-order valence-corrected chi connectivity index (χ2v) is 6.82. The zero-order valence-corrected chi connectivity index (χ0v) is 12.5. The van der Waals surface area contributed by atoms with E-state index in [1.807, 2.05) is 11.4 Å². The lowest BCUT2D eigenvalue weighted by molar-refractivity contribution is 0.104. The topological polar surface area (TPSA) is 26.3 Å². The summed E-state index contributed by atoms with van der Waals surface area (Å²) in [5.74, 6) is 0.809. The third-order valence-electron chi connectivity index (χ3n) is 3.53. The molecule has 2 aromatic rings. The quantitative estimate of drug-likeness (QED) is 0.622. The lowest BCUT2D eigenvalue weighted by atomic mass is 10.1. The lowest BCUT2D eigenvalue weighted by Gasteiger charge is -1.99. The summed E-state index contributed by atoms with van der Waals surface area (Å²) in [4.78, 5) is 15.5. The highest BCUT2D eigenvalue weighted by atomic mass is 32.1. The van der Waals surface area contributed by atoms with Crippen molar-refractivity contribution in [2.45, 2.75) is 32.1 Å². The van der Waals surface area contributed by atoms with Crippen molar-refractivity contribution in [2.24, 2.45) is 0 Å². The second-order valence-electron chi connectivity index (χ2n) is 4.77. The molecule has 0 spiro atoms. The second kappa shape index (κ2) is 5.47. The van der Waals surface area contributed by atoms with Crippen molar-refractivity contribution >= 4 is 28.5 Å². The number of methoxy groups -OCH3 is 1. The SMILES string of the molecule is COc1ccsc1C(=O)c1cc2c(s1)CCCCC2. The van der Waals surface area contributed by atoms with Gasteiger partial charge in [-0.2, -0.15) is 0 Å². The lowest BCUT2D eigenvalue weighted by Crippen LogP contribution is -1.98. The van der Waals surface area contributed by atoms with Crippen LogP contribution in [0.15, 0.2) is 17.5 Å². The van der Waals surface area contributed by atoms with Crippen LogP contribution in [0.25, 0.3) is 0 Å². The number of thiophene rings is 2. The van der Waals surface area contributed by atoms with Gasteiger partial charge in [-0.15, -0.1) is 22.7 Å².